The lowest BCUT2D eigenvalue weighted by Gasteiger charge is -2.07. The molecule has 0 fully saturated rings. The van der Waals surface area contributed by atoms with Gasteiger partial charge in [0.15, 0.2) is 11.6 Å². The zero-order chi connectivity index (χ0) is 12.5. The van der Waals surface area contributed by atoms with E-state index >= 15 is 0 Å². The van der Waals surface area contributed by atoms with Crippen LogP contribution in [0, 0.1) is 5.92 Å². The van der Waals surface area contributed by atoms with Crippen LogP contribution in [0.1, 0.15) is 46.0 Å². The molecule has 0 bridgehead atoms. The maximum absolute atomic E-state index is 5.68. The minimum atomic E-state index is 0.479. The van der Waals surface area contributed by atoms with Gasteiger partial charge in [-0.15, -0.1) is 0 Å². The number of nitrogens with zero attached hydrogens (tertiary/aromatic N) is 2. The van der Waals surface area contributed by atoms with E-state index < -0.39 is 0 Å². The van der Waals surface area contributed by atoms with E-state index in [4.69, 9.17) is 5.73 Å². The summed E-state index contributed by atoms with van der Waals surface area (Å²) in [4.78, 5) is 8.12. The second-order valence-corrected chi connectivity index (χ2v) is 4.81. The van der Waals surface area contributed by atoms with Crippen LogP contribution in [0.15, 0.2) is 12.4 Å². The Labute approximate surface area is 104 Å². The van der Waals surface area contributed by atoms with Crippen molar-refractivity contribution in [3.8, 4) is 0 Å². The quantitative estimate of drug-likeness (QED) is 0.681. The predicted molar refractivity (Wildman–Crippen MR) is 72.9 cm³/mol. The number of nitrogens with two attached hydrogens (primary N) is 1. The summed E-state index contributed by atoms with van der Waals surface area (Å²) in [5.74, 6) is 2.01. The molecule has 3 N–H and O–H groups in total. The van der Waals surface area contributed by atoms with Crippen LogP contribution in [0.5, 0.6) is 0 Å². The standard InChI is InChI=1S/C13H24N4/c1-11(2)7-5-3-4-6-8-16-13-12(14)15-9-10-17-13/h9-11H,3-8H2,1-2H3,(H2,14,15)(H,16,17). The van der Waals surface area contributed by atoms with Crippen molar-refractivity contribution in [2.75, 3.05) is 17.6 Å². The molecule has 0 saturated carbocycles. The zero-order valence-corrected chi connectivity index (χ0v) is 10.9. The van der Waals surface area contributed by atoms with Crippen LogP contribution in [0.2, 0.25) is 0 Å². The molecule has 0 radical (unpaired) electrons. The second-order valence-electron chi connectivity index (χ2n) is 4.81. The molecule has 1 rings (SSSR count). The first-order valence-corrected chi connectivity index (χ1v) is 6.50. The highest BCUT2D eigenvalue weighted by Gasteiger charge is 1.99. The van der Waals surface area contributed by atoms with Crippen LogP contribution in [0.25, 0.3) is 0 Å². The van der Waals surface area contributed by atoms with Crippen LogP contribution < -0.4 is 11.1 Å². The van der Waals surface area contributed by atoms with E-state index in [0.717, 1.165) is 18.9 Å². The summed E-state index contributed by atoms with van der Waals surface area (Å²) in [6, 6.07) is 0. The van der Waals surface area contributed by atoms with E-state index in [1.54, 1.807) is 12.4 Å². The number of rotatable bonds is 8. The molecule has 0 aliphatic rings. The maximum Gasteiger partial charge on any atom is 0.168 e. The molecule has 96 valence electrons. The average molecular weight is 236 g/mol. The molecule has 0 saturated heterocycles. The lowest BCUT2D eigenvalue weighted by atomic mass is 10.0. The first-order valence-electron chi connectivity index (χ1n) is 6.50. The molecule has 0 amide bonds. The van der Waals surface area contributed by atoms with Gasteiger partial charge in [-0.3, -0.25) is 0 Å². The molecule has 17 heavy (non-hydrogen) atoms. The number of unbranched alkanes of at least 4 members (excludes halogenated alkanes) is 3. The number of hydrogen-bond acceptors (Lipinski definition) is 4. The Bertz CT molecular complexity index is 312. The van der Waals surface area contributed by atoms with Gasteiger partial charge in [0.2, 0.25) is 0 Å². The molecule has 0 aromatic carbocycles. The van der Waals surface area contributed by atoms with Crippen molar-refractivity contribution in [3.05, 3.63) is 12.4 Å². The molecule has 1 aromatic heterocycles. The van der Waals surface area contributed by atoms with E-state index in [0.29, 0.717) is 11.6 Å². The summed E-state index contributed by atoms with van der Waals surface area (Å²) in [7, 11) is 0. The lowest BCUT2D eigenvalue weighted by molar-refractivity contribution is 0.523. The number of anilines is 2. The van der Waals surface area contributed by atoms with E-state index in [1.165, 1.54) is 25.7 Å². The first kappa shape index (κ1) is 13.7. The SMILES string of the molecule is CC(C)CCCCCCNc1nccnc1N. The molecule has 1 aromatic rings. The van der Waals surface area contributed by atoms with Gasteiger partial charge in [-0.2, -0.15) is 0 Å². The minimum absolute atomic E-state index is 0.479. The van der Waals surface area contributed by atoms with Gasteiger partial charge in [0, 0.05) is 18.9 Å². The van der Waals surface area contributed by atoms with Crippen molar-refractivity contribution in [2.24, 2.45) is 5.92 Å². The average Bonchev–Trinajstić information content (AvgIpc) is 2.30. The van der Waals surface area contributed by atoms with Gasteiger partial charge in [0.1, 0.15) is 0 Å². The molecule has 4 heteroatoms. The fourth-order valence-corrected chi connectivity index (χ4v) is 1.72. The summed E-state index contributed by atoms with van der Waals surface area (Å²) < 4.78 is 0. The Kier molecular flexibility index (Phi) is 6.37. The Morgan fingerprint density at radius 1 is 1.12 bits per heavy atom. The van der Waals surface area contributed by atoms with Crippen LogP contribution in [-0.4, -0.2) is 16.5 Å². The number of nitrogens with one attached hydrogen (secondary N) is 1. The van der Waals surface area contributed by atoms with E-state index in [-0.39, 0.29) is 0 Å². The van der Waals surface area contributed by atoms with Gasteiger partial charge in [-0.05, 0) is 12.3 Å². The topological polar surface area (TPSA) is 63.8 Å². The van der Waals surface area contributed by atoms with E-state index in [9.17, 15) is 0 Å². The summed E-state index contributed by atoms with van der Waals surface area (Å²) in [5.41, 5.74) is 5.68. The summed E-state index contributed by atoms with van der Waals surface area (Å²) in [6.07, 6.45) is 9.67. The molecular formula is C13H24N4. The monoisotopic (exact) mass is 236 g/mol. The van der Waals surface area contributed by atoms with E-state index in [2.05, 4.69) is 29.1 Å². The van der Waals surface area contributed by atoms with Crippen molar-refractivity contribution in [1.29, 1.82) is 0 Å². The van der Waals surface area contributed by atoms with E-state index in [1.807, 2.05) is 0 Å². The molecule has 0 aliphatic heterocycles. The van der Waals surface area contributed by atoms with Gasteiger partial charge >= 0.3 is 0 Å². The van der Waals surface area contributed by atoms with Crippen LogP contribution in [0.4, 0.5) is 11.6 Å². The van der Waals surface area contributed by atoms with Gasteiger partial charge < -0.3 is 11.1 Å². The highest BCUT2D eigenvalue weighted by molar-refractivity contribution is 5.54. The summed E-state index contributed by atoms with van der Waals surface area (Å²) in [5, 5.41) is 3.21. The van der Waals surface area contributed by atoms with Crippen LogP contribution in [0.3, 0.4) is 0 Å². The van der Waals surface area contributed by atoms with Crippen LogP contribution in [-0.2, 0) is 0 Å². The predicted octanol–water partition coefficient (Wildman–Crippen LogP) is 3.08. The smallest absolute Gasteiger partial charge is 0.168 e. The zero-order valence-electron chi connectivity index (χ0n) is 10.9. The summed E-state index contributed by atoms with van der Waals surface area (Å²) in [6.45, 7) is 5.47. The van der Waals surface area contributed by atoms with Crippen LogP contribution >= 0.6 is 0 Å². The Morgan fingerprint density at radius 3 is 2.53 bits per heavy atom. The van der Waals surface area contributed by atoms with Crippen molar-refractivity contribution in [2.45, 2.75) is 46.0 Å². The number of aromatic nitrogens is 2. The third kappa shape index (κ3) is 6.09. The maximum atomic E-state index is 5.68. The van der Waals surface area contributed by atoms with Gasteiger partial charge in [0.05, 0.1) is 0 Å². The third-order valence-electron chi connectivity index (χ3n) is 2.73. The Balaban J connectivity index is 2.03. The lowest BCUT2D eigenvalue weighted by Crippen LogP contribution is -2.07. The summed E-state index contributed by atoms with van der Waals surface area (Å²) >= 11 is 0. The van der Waals surface area contributed by atoms with Crippen molar-refractivity contribution < 1.29 is 0 Å². The molecule has 0 spiro atoms. The van der Waals surface area contributed by atoms with Gasteiger partial charge in [-0.1, -0.05) is 39.5 Å². The minimum Gasteiger partial charge on any atom is -0.381 e. The van der Waals surface area contributed by atoms with Crippen molar-refractivity contribution in [3.63, 3.8) is 0 Å². The molecule has 0 unspecified atom stereocenters. The second kappa shape index (κ2) is 7.87. The largest absolute Gasteiger partial charge is 0.381 e. The number of nitrogen functional groups attached to an aromatic ring is 1. The normalized spacial score (nSPS) is 10.8. The first-order chi connectivity index (χ1) is 8.20. The molecule has 0 atom stereocenters. The number of hydrogen-bond donors (Lipinski definition) is 2. The Morgan fingerprint density at radius 2 is 1.82 bits per heavy atom. The highest BCUT2D eigenvalue weighted by atomic mass is 15.0. The highest BCUT2D eigenvalue weighted by Crippen LogP contribution is 2.11. The van der Waals surface area contributed by atoms with Gasteiger partial charge in [0.25, 0.3) is 0 Å². The molecule has 1 heterocycles. The van der Waals surface area contributed by atoms with Crippen molar-refractivity contribution in [1.82, 2.24) is 9.97 Å². The fraction of sp³-hybridized carbons (Fsp3) is 0.692. The fourth-order valence-electron chi connectivity index (χ4n) is 1.72. The van der Waals surface area contributed by atoms with Crippen molar-refractivity contribution >= 4 is 11.6 Å². The Hall–Kier alpha value is -1.32. The van der Waals surface area contributed by atoms with Gasteiger partial charge in [-0.25, -0.2) is 9.97 Å². The molecular weight excluding hydrogens is 212 g/mol. The molecule has 0 aliphatic carbocycles. The molecule has 4 nitrogen and oxygen atoms in total. The third-order valence-corrected chi connectivity index (χ3v) is 2.73.